The maximum Gasteiger partial charge on any atom is 0.161 e. The zero-order valence-electron chi connectivity index (χ0n) is 10.7. The van der Waals surface area contributed by atoms with Gasteiger partial charge in [-0.1, -0.05) is 11.6 Å². The molecule has 0 atom stereocenters. The third-order valence-corrected chi connectivity index (χ3v) is 3.85. The van der Waals surface area contributed by atoms with Gasteiger partial charge in [0.1, 0.15) is 0 Å². The molecule has 1 N–H and O–H groups in total. The second kappa shape index (κ2) is 4.90. The van der Waals surface area contributed by atoms with Crippen LogP contribution in [0.1, 0.15) is 37.0 Å². The van der Waals surface area contributed by atoms with Crippen molar-refractivity contribution >= 4 is 23.1 Å². The molecule has 1 aromatic carbocycles. The smallest absolute Gasteiger partial charge is 0.161 e. The number of aliphatic hydroxyl groups is 1. The Balaban J connectivity index is 2.16. The molecule has 0 aromatic heterocycles. The van der Waals surface area contributed by atoms with Crippen molar-refractivity contribution in [1.82, 2.24) is 0 Å². The fourth-order valence-electron chi connectivity index (χ4n) is 2.23. The van der Waals surface area contributed by atoms with Crippen LogP contribution in [0.5, 0.6) is 0 Å². The quantitative estimate of drug-likeness (QED) is 0.838. The topological polar surface area (TPSA) is 40.5 Å². The van der Waals surface area contributed by atoms with E-state index in [0.29, 0.717) is 10.6 Å². The van der Waals surface area contributed by atoms with E-state index in [1.54, 1.807) is 6.07 Å². The summed E-state index contributed by atoms with van der Waals surface area (Å²) in [7, 11) is 0. The lowest BCUT2D eigenvalue weighted by Crippen LogP contribution is -2.42. The number of rotatable bonds is 2. The number of benzene rings is 1. The van der Waals surface area contributed by atoms with Gasteiger partial charge >= 0.3 is 0 Å². The van der Waals surface area contributed by atoms with Gasteiger partial charge in [0, 0.05) is 24.3 Å². The normalized spacial score (nSPS) is 18.8. The van der Waals surface area contributed by atoms with Crippen LogP contribution in [0, 0.1) is 0 Å². The molecule has 1 aromatic rings. The van der Waals surface area contributed by atoms with E-state index in [1.807, 2.05) is 19.1 Å². The van der Waals surface area contributed by atoms with Crippen LogP contribution < -0.4 is 4.90 Å². The molecular weight excluding hydrogens is 250 g/mol. The number of hydrogen-bond donors (Lipinski definition) is 1. The second-order valence-electron chi connectivity index (χ2n) is 5.20. The first-order valence-electron chi connectivity index (χ1n) is 6.17. The van der Waals surface area contributed by atoms with Crippen LogP contribution >= 0.6 is 11.6 Å². The molecule has 0 bridgehead atoms. The Morgan fingerprint density at radius 2 is 2.00 bits per heavy atom. The zero-order valence-corrected chi connectivity index (χ0v) is 11.5. The Labute approximate surface area is 112 Å². The highest BCUT2D eigenvalue weighted by Crippen LogP contribution is 2.29. The Morgan fingerprint density at radius 3 is 2.50 bits per heavy atom. The fourth-order valence-corrected chi connectivity index (χ4v) is 2.54. The largest absolute Gasteiger partial charge is 0.390 e. The molecule has 4 heteroatoms. The van der Waals surface area contributed by atoms with E-state index in [9.17, 15) is 9.90 Å². The molecule has 0 aliphatic carbocycles. The van der Waals surface area contributed by atoms with Crippen LogP contribution in [0.15, 0.2) is 18.2 Å². The number of Topliss-reactive ketones (excluding diaryl/α,β-unsaturated/α-hetero) is 1. The summed E-state index contributed by atoms with van der Waals surface area (Å²) in [5, 5.41) is 10.4. The van der Waals surface area contributed by atoms with Gasteiger partial charge in [0.25, 0.3) is 0 Å². The minimum atomic E-state index is -0.556. The summed E-state index contributed by atoms with van der Waals surface area (Å²) in [6, 6.07) is 5.52. The molecule has 0 unspecified atom stereocenters. The summed E-state index contributed by atoms with van der Waals surface area (Å²) >= 11 is 6.10. The van der Waals surface area contributed by atoms with Gasteiger partial charge in [-0.3, -0.25) is 4.79 Å². The molecule has 0 saturated carbocycles. The molecule has 1 saturated heterocycles. The van der Waals surface area contributed by atoms with E-state index in [0.717, 1.165) is 31.6 Å². The SMILES string of the molecule is CC(=O)c1ccc(N2CCC(C)(O)CC2)cc1Cl. The summed E-state index contributed by atoms with van der Waals surface area (Å²) < 4.78 is 0. The van der Waals surface area contributed by atoms with Crippen LogP contribution in [0.25, 0.3) is 0 Å². The summed E-state index contributed by atoms with van der Waals surface area (Å²) in [5.41, 5.74) is 1.02. The highest BCUT2D eigenvalue weighted by Gasteiger charge is 2.27. The third kappa shape index (κ3) is 2.85. The van der Waals surface area contributed by atoms with Crippen molar-refractivity contribution in [3.8, 4) is 0 Å². The predicted molar refractivity (Wildman–Crippen MR) is 73.5 cm³/mol. The molecule has 0 amide bonds. The van der Waals surface area contributed by atoms with E-state index in [2.05, 4.69) is 4.90 Å². The average Bonchev–Trinajstić information content (AvgIpc) is 2.28. The summed E-state index contributed by atoms with van der Waals surface area (Å²) in [6.45, 7) is 5.00. The molecule has 2 rings (SSSR count). The molecule has 1 aliphatic heterocycles. The minimum Gasteiger partial charge on any atom is -0.390 e. The molecule has 1 heterocycles. The third-order valence-electron chi connectivity index (χ3n) is 3.54. The molecule has 3 nitrogen and oxygen atoms in total. The standard InChI is InChI=1S/C14H18ClNO2/c1-10(17)12-4-3-11(9-13(12)15)16-7-5-14(2,18)6-8-16/h3-4,9,18H,5-8H2,1-2H3. The van der Waals surface area contributed by atoms with Gasteiger partial charge in [-0.2, -0.15) is 0 Å². The van der Waals surface area contributed by atoms with E-state index in [1.165, 1.54) is 6.92 Å². The van der Waals surface area contributed by atoms with Crippen molar-refractivity contribution in [2.75, 3.05) is 18.0 Å². The van der Waals surface area contributed by atoms with Crippen LogP contribution in [-0.4, -0.2) is 29.6 Å². The first kappa shape index (κ1) is 13.4. The van der Waals surface area contributed by atoms with Crippen LogP contribution in [0.2, 0.25) is 5.02 Å². The molecule has 0 radical (unpaired) electrons. The van der Waals surface area contributed by atoms with Gasteiger partial charge in [0.05, 0.1) is 10.6 Å². The fraction of sp³-hybridized carbons (Fsp3) is 0.500. The van der Waals surface area contributed by atoms with Crippen molar-refractivity contribution in [2.45, 2.75) is 32.3 Å². The van der Waals surface area contributed by atoms with E-state index < -0.39 is 5.60 Å². The van der Waals surface area contributed by atoms with E-state index in [4.69, 9.17) is 11.6 Å². The summed E-state index contributed by atoms with van der Waals surface area (Å²) in [4.78, 5) is 13.5. The lowest BCUT2D eigenvalue weighted by Gasteiger charge is -2.37. The Kier molecular flexibility index (Phi) is 3.64. The lowest BCUT2D eigenvalue weighted by atomic mass is 9.93. The minimum absolute atomic E-state index is 0.0203. The monoisotopic (exact) mass is 267 g/mol. The number of carbonyl (C=O) groups is 1. The van der Waals surface area contributed by atoms with Gasteiger partial charge in [-0.15, -0.1) is 0 Å². The van der Waals surface area contributed by atoms with Gasteiger partial charge in [0.15, 0.2) is 5.78 Å². The second-order valence-corrected chi connectivity index (χ2v) is 5.61. The van der Waals surface area contributed by atoms with E-state index >= 15 is 0 Å². The number of ketones is 1. The van der Waals surface area contributed by atoms with Gasteiger partial charge in [-0.05, 0) is 44.9 Å². The van der Waals surface area contributed by atoms with Crippen molar-refractivity contribution in [2.24, 2.45) is 0 Å². The predicted octanol–water partition coefficient (Wildman–Crippen LogP) is 2.89. The van der Waals surface area contributed by atoms with Crippen LogP contribution in [-0.2, 0) is 0 Å². The van der Waals surface area contributed by atoms with Crippen molar-refractivity contribution in [3.63, 3.8) is 0 Å². The number of anilines is 1. The number of piperidine rings is 1. The average molecular weight is 268 g/mol. The van der Waals surface area contributed by atoms with Crippen molar-refractivity contribution in [1.29, 1.82) is 0 Å². The molecule has 18 heavy (non-hydrogen) atoms. The number of nitrogens with zero attached hydrogens (tertiary/aromatic N) is 1. The Bertz CT molecular complexity index is 461. The van der Waals surface area contributed by atoms with Crippen molar-refractivity contribution < 1.29 is 9.90 Å². The van der Waals surface area contributed by atoms with Crippen molar-refractivity contribution in [3.05, 3.63) is 28.8 Å². The van der Waals surface area contributed by atoms with E-state index in [-0.39, 0.29) is 5.78 Å². The molecule has 98 valence electrons. The molecule has 1 aliphatic rings. The van der Waals surface area contributed by atoms with Crippen LogP contribution in [0.4, 0.5) is 5.69 Å². The first-order valence-corrected chi connectivity index (χ1v) is 6.55. The highest BCUT2D eigenvalue weighted by molar-refractivity contribution is 6.34. The number of carbonyl (C=O) groups excluding carboxylic acids is 1. The first-order chi connectivity index (χ1) is 8.39. The molecule has 1 fully saturated rings. The molecule has 0 spiro atoms. The zero-order chi connectivity index (χ0) is 13.3. The summed E-state index contributed by atoms with van der Waals surface area (Å²) in [5.74, 6) is -0.0203. The van der Waals surface area contributed by atoms with Crippen LogP contribution in [0.3, 0.4) is 0 Å². The number of hydrogen-bond acceptors (Lipinski definition) is 3. The van der Waals surface area contributed by atoms with Gasteiger partial charge in [-0.25, -0.2) is 0 Å². The van der Waals surface area contributed by atoms with Gasteiger partial charge < -0.3 is 10.0 Å². The maximum atomic E-state index is 11.3. The summed E-state index contributed by atoms with van der Waals surface area (Å²) in [6.07, 6.45) is 1.50. The highest BCUT2D eigenvalue weighted by atomic mass is 35.5. The Hall–Kier alpha value is -1.06. The van der Waals surface area contributed by atoms with Gasteiger partial charge in [0.2, 0.25) is 0 Å². The number of halogens is 1. The maximum absolute atomic E-state index is 11.3. The Morgan fingerprint density at radius 1 is 1.39 bits per heavy atom. The lowest BCUT2D eigenvalue weighted by molar-refractivity contribution is 0.0351. The molecular formula is C14H18ClNO2.